The number of ether oxygens (including phenoxy) is 1. The van der Waals surface area contributed by atoms with Gasteiger partial charge >= 0.3 is 6.18 Å². The Morgan fingerprint density at radius 3 is 2.44 bits per heavy atom. The van der Waals surface area contributed by atoms with Gasteiger partial charge in [-0.15, -0.1) is 0 Å². The van der Waals surface area contributed by atoms with E-state index in [0.717, 1.165) is 26.0 Å². The summed E-state index contributed by atoms with van der Waals surface area (Å²) in [5, 5.41) is 0. The monoisotopic (exact) mass is 263 g/mol. The molecule has 1 heterocycles. The molecule has 0 N–H and O–H groups in total. The van der Waals surface area contributed by atoms with Gasteiger partial charge < -0.3 is 4.74 Å². The van der Waals surface area contributed by atoms with E-state index in [1.54, 1.807) is 6.92 Å². The van der Waals surface area contributed by atoms with E-state index in [2.05, 4.69) is 18.8 Å². The average molecular weight is 263 g/mol. The first-order valence-electron chi connectivity index (χ1n) is 5.99. The maximum Gasteiger partial charge on any atom is 0.432 e. The normalized spacial score (nSPS) is 26.3. The summed E-state index contributed by atoms with van der Waals surface area (Å²) in [6.07, 6.45) is -1.88. The van der Waals surface area contributed by atoms with Gasteiger partial charge in [0.15, 0.2) is 0 Å². The molecule has 1 atom stereocenters. The van der Waals surface area contributed by atoms with Gasteiger partial charge in [0.25, 0.3) is 0 Å². The summed E-state index contributed by atoms with van der Waals surface area (Å²) in [6.45, 7) is 6.47. The molecule has 0 saturated carbocycles. The highest BCUT2D eigenvalue weighted by Crippen LogP contribution is 2.35. The Kier molecular flexibility index (Phi) is 4.59. The minimum Gasteiger partial charge on any atom is -0.374 e. The van der Waals surface area contributed by atoms with Crippen LogP contribution in [0, 0.1) is 5.41 Å². The van der Waals surface area contributed by atoms with Crippen LogP contribution in [0.15, 0.2) is 16.6 Å². The number of nitrogens with zero attached hydrogens (tertiary/aromatic N) is 1. The van der Waals surface area contributed by atoms with Gasteiger partial charge in [0, 0.05) is 13.7 Å². The van der Waals surface area contributed by atoms with Gasteiger partial charge in [-0.2, -0.15) is 13.2 Å². The van der Waals surface area contributed by atoms with Crippen LogP contribution >= 0.6 is 0 Å². The van der Waals surface area contributed by atoms with Crippen molar-refractivity contribution in [2.75, 3.05) is 13.7 Å². The van der Waals surface area contributed by atoms with Crippen LogP contribution in [-0.2, 0) is 4.74 Å². The Morgan fingerprint density at radius 1 is 1.39 bits per heavy atom. The third kappa shape index (κ3) is 4.12. The van der Waals surface area contributed by atoms with Crippen molar-refractivity contribution in [1.82, 2.24) is 0 Å². The predicted molar refractivity (Wildman–Crippen MR) is 65.9 cm³/mol. The molecule has 0 amide bonds. The maximum absolute atomic E-state index is 12.6. The van der Waals surface area contributed by atoms with Crippen molar-refractivity contribution in [2.45, 2.75) is 45.9 Å². The molecule has 1 aliphatic rings. The van der Waals surface area contributed by atoms with Crippen LogP contribution < -0.4 is 0 Å². The van der Waals surface area contributed by atoms with Crippen LogP contribution in [0.2, 0.25) is 0 Å². The predicted octanol–water partition coefficient (Wildman–Crippen LogP) is 3.77. The van der Waals surface area contributed by atoms with Crippen molar-refractivity contribution < 1.29 is 17.9 Å². The minimum atomic E-state index is -4.40. The Hall–Kier alpha value is -0.840. The average Bonchev–Trinajstić information content (AvgIpc) is 2.22. The van der Waals surface area contributed by atoms with Crippen LogP contribution in [0.4, 0.5) is 13.2 Å². The van der Waals surface area contributed by atoms with Crippen LogP contribution in [0.5, 0.6) is 0 Å². The fourth-order valence-corrected chi connectivity index (χ4v) is 2.01. The second kappa shape index (κ2) is 5.43. The Morgan fingerprint density at radius 2 is 2.00 bits per heavy atom. The molecule has 0 unspecified atom stereocenters. The minimum absolute atomic E-state index is 0.111. The van der Waals surface area contributed by atoms with Crippen molar-refractivity contribution in [3.05, 3.63) is 11.6 Å². The lowest BCUT2D eigenvalue weighted by atomic mass is 9.80. The zero-order chi connectivity index (χ0) is 14.0. The number of hydrogen-bond donors (Lipinski definition) is 0. The Balaban J connectivity index is 2.83. The molecule has 1 saturated heterocycles. The van der Waals surface area contributed by atoms with Gasteiger partial charge in [0.1, 0.15) is 5.71 Å². The number of allylic oxidation sites excluding steroid dienone is 1. The first-order valence-corrected chi connectivity index (χ1v) is 5.99. The van der Waals surface area contributed by atoms with Crippen molar-refractivity contribution in [3.63, 3.8) is 0 Å². The van der Waals surface area contributed by atoms with E-state index in [9.17, 15) is 13.2 Å². The molecule has 0 spiro atoms. The van der Waals surface area contributed by atoms with Gasteiger partial charge in [0.2, 0.25) is 0 Å². The molecule has 0 aromatic rings. The van der Waals surface area contributed by atoms with Crippen LogP contribution in [0.25, 0.3) is 0 Å². The number of alkyl halides is 3. The largest absolute Gasteiger partial charge is 0.432 e. The van der Waals surface area contributed by atoms with Crippen molar-refractivity contribution >= 4 is 5.71 Å². The quantitative estimate of drug-likeness (QED) is 0.695. The molecule has 2 nitrogen and oxygen atoms in total. The molecule has 1 rings (SSSR count). The van der Waals surface area contributed by atoms with Crippen LogP contribution in [0.3, 0.4) is 0 Å². The molecule has 0 aromatic heterocycles. The van der Waals surface area contributed by atoms with E-state index < -0.39 is 11.9 Å². The van der Waals surface area contributed by atoms with E-state index in [1.807, 2.05) is 0 Å². The smallest absolute Gasteiger partial charge is 0.374 e. The third-order valence-electron chi connectivity index (χ3n) is 3.24. The van der Waals surface area contributed by atoms with E-state index in [-0.39, 0.29) is 11.5 Å². The first kappa shape index (κ1) is 15.2. The number of halogens is 3. The van der Waals surface area contributed by atoms with Crippen LogP contribution in [0.1, 0.15) is 33.6 Å². The van der Waals surface area contributed by atoms with E-state index in [1.165, 1.54) is 0 Å². The molecule has 104 valence electrons. The number of rotatable bonds is 2. The highest BCUT2D eigenvalue weighted by Gasteiger charge is 2.35. The van der Waals surface area contributed by atoms with Gasteiger partial charge in [-0.25, -0.2) is 0 Å². The van der Waals surface area contributed by atoms with Crippen LogP contribution in [-0.4, -0.2) is 31.6 Å². The van der Waals surface area contributed by atoms with Gasteiger partial charge in [-0.1, -0.05) is 13.8 Å². The highest BCUT2D eigenvalue weighted by molar-refractivity contribution is 5.99. The van der Waals surface area contributed by atoms with Gasteiger partial charge in [-0.05, 0) is 36.8 Å². The second-order valence-electron chi connectivity index (χ2n) is 5.47. The zero-order valence-corrected chi connectivity index (χ0v) is 11.3. The molecule has 0 aliphatic carbocycles. The van der Waals surface area contributed by atoms with Gasteiger partial charge in [-0.3, -0.25) is 4.99 Å². The molecular formula is C13H20F3NO. The molecule has 0 aromatic carbocycles. The molecule has 0 bridgehead atoms. The number of aliphatic imine (C=N–C) groups is 1. The number of hydrogen-bond acceptors (Lipinski definition) is 2. The fraction of sp³-hybridized carbons (Fsp3) is 0.769. The molecule has 1 fully saturated rings. The molecule has 1 aliphatic heterocycles. The summed E-state index contributed by atoms with van der Waals surface area (Å²) in [4.78, 5) is 3.29. The van der Waals surface area contributed by atoms with Crippen molar-refractivity contribution in [3.8, 4) is 0 Å². The maximum atomic E-state index is 12.6. The Labute approximate surface area is 106 Å². The van der Waals surface area contributed by atoms with Crippen molar-refractivity contribution in [1.29, 1.82) is 0 Å². The van der Waals surface area contributed by atoms with Crippen molar-refractivity contribution in [2.24, 2.45) is 10.4 Å². The fourth-order valence-electron chi connectivity index (χ4n) is 2.01. The summed E-state index contributed by atoms with van der Waals surface area (Å²) in [6, 6.07) is 0. The second-order valence-corrected chi connectivity index (χ2v) is 5.47. The standard InChI is InChI=1S/C13H20F3NO/c1-9(7-11(17-4)13(14,15)16)10-8-12(2,3)5-6-18-10/h7,10H,5-6,8H2,1-4H3/b9-7+,17-11?/t10-/m0/s1. The summed E-state index contributed by atoms with van der Waals surface area (Å²) in [5.41, 5.74) is -0.160. The summed E-state index contributed by atoms with van der Waals surface area (Å²) < 4.78 is 43.3. The molecule has 5 heteroatoms. The SMILES string of the molecule is CN=C(/C=C(\C)[C@@H]1CC(C)(C)CCO1)C(F)(F)F. The summed E-state index contributed by atoms with van der Waals surface area (Å²) >= 11 is 0. The third-order valence-corrected chi connectivity index (χ3v) is 3.24. The van der Waals surface area contributed by atoms with E-state index in [4.69, 9.17) is 4.74 Å². The summed E-state index contributed by atoms with van der Waals surface area (Å²) in [5.74, 6) is 0. The lowest BCUT2D eigenvalue weighted by Gasteiger charge is -2.35. The topological polar surface area (TPSA) is 21.6 Å². The molecular weight excluding hydrogens is 243 g/mol. The Bertz CT molecular complexity index is 356. The first-order chi connectivity index (χ1) is 8.15. The highest BCUT2D eigenvalue weighted by atomic mass is 19.4. The summed E-state index contributed by atoms with van der Waals surface area (Å²) in [7, 11) is 1.15. The lowest BCUT2D eigenvalue weighted by molar-refractivity contribution is -0.0579. The lowest BCUT2D eigenvalue weighted by Crippen LogP contribution is -2.32. The zero-order valence-electron chi connectivity index (χ0n) is 11.3. The van der Waals surface area contributed by atoms with Gasteiger partial charge in [0.05, 0.1) is 6.10 Å². The molecule has 0 radical (unpaired) electrons. The van der Waals surface area contributed by atoms with E-state index in [0.29, 0.717) is 12.2 Å². The molecule has 18 heavy (non-hydrogen) atoms. The van der Waals surface area contributed by atoms with E-state index >= 15 is 0 Å².